The predicted molar refractivity (Wildman–Crippen MR) is 248 cm³/mol. The summed E-state index contributed by atoms with van der Waals surface area (Å²) >= 11 is 0. The van der Waals surface area contributed by atoms with Crippen molar-refractivity contribution < 1.29 is 25.3 Å². The Morgan fingerprint density at radius 1 is 0.298 bits per heavy atom. The fourth-order valence-electron chi connectivity index (χ4n) is 7.82. The molecule has 0 aliphatic carbocycles. The largest absolute Gasteiger partial charge is 2.00 e. The Labute approximate surface area is 354 Å². The summed E-state index contributed by atoms with van der Waals surface area (Å²) in [7, 11) is -9.61. The quantitative estimate of drug-likeness (QED) is 0.0750. The van der Waals surface area contributed by atoms with E-state index >= 15 is 0 Å². The van der Waals surface area contributed by atoms with Gasteiger partial charge in [0.25, 0.3) is 16.6 Å². The smallest absolute Gasteiger partial charge is 0.453 e. The number of hydrogen-bond acceptors (Lipinski definition) is 2. The van der Waals surface area contributed by atoms with Crippen LogP contribution in [0.25, 0.3) is 0 Å². The van der Waals surface area contributed by atoms with Crippen molar-refractivity contribution in [3.63, 3.8) is 0 Å². The first-order chi connectivity index (χ1) is 27.3. The molecule has 0 heterocycles. The topological polar surface area (TPSA) is 18.5 Å². The van der Waals surface area contributed by atoms with Gasteiger partial charge in [-0.15, -0.1) is 0 Å². The van der Waals surface area contributed by atoms with E-state index in [-0.39, 0.29) is 17.1 Å². The van der Waals surface area contributed by atoms with E-state index in [0.29, 0.717) is 0 Å². The zero-order valence-electron chi connectivity index (χ0n) is 33.1. The molecule has 0 N–H and O–H groups in total. The van der Waals surface area contributed by atoms with Gasteiger partial charge in [-0.05, 0) is 31.1 Å². The Hall–Kier alpha value is -4.67. The van der Waals surface area contributed by atoms with Crippen molar-refractivity contribution in [3.05, 3.63) is 231 Å². The van der Waals surface area contributed by atoms with Crippen LogP contribution in [0.5, 0.6) is 0 Å². The second kappa shape index (κ2) is 18.7. The van der Waals surface area contributed by atoms with Gasteiger partial charge >= 0.3 is 17.1 Å². The first-order valence-corrected chi connectivity index (χ1v) is 29.1. The van der Waals surface area contributed by atoms with E-state index < -0.39 is 33.3 Å². The van der Waals surface area contributed by atoms with Gasteiger partial charge in [0.15, 0.2) is 0 Å². The summed E-state index contributed by atoms with van der Waals surface area (Å²) in [6.07, 6.45) is 0. The molecule has 0 bridgehead atoms. The van der Waals surface area contributed by atoms with Gasteiger partial charge in [0.1, 0.15) is 16.6 Å². The first-order valence-electron chi connectivity index (χ1n) is 19.4. The molecule has 0 spiro atoms. The van der Waals surface area contributed by atoms with Gasteiger partial charge < -0.3 is 8.23 Å². The fourth-order valence-corrected chi connectivity index (χ4v) is 25.7. The second-order valence-electron chi connectivity index (χ2n) is 15.1. The molecule has 286 valence electrons. The van der Waals surface area contributed by atoms with Gasteiger partial charge in [-0.2, -0.15) is 46.8 Å². The minimum Gasteiger partial charge on any atom is -0.453 e. The zero-order chi connectivity index (χ0) is 38.9. The maximum Gasteiger partial charge on any atom is 2.00 e. The van der Waals surface area contributed by atoms with E-state index in [2.05, 4.69) is 257 Å². The van der Waals surface area contributed by atoms with E-state index in [4.69, 9.17) is 8.23 Å². The number of rotatable bonds is 12. The molecule has 57 heavy (non-hydrogen) atoms. The molecule has 8 aromatic rings. The van der Waals surface area contributed by atoms with Gasteiger partial charge in [-0.3, -0.25) is 0 Å². The zero-order valence-corrected chi connectivity index (χ0v) is 38.2. The van der Waals surface area contributed by atoms with E-state index in [1.54, 1.807) is 0 Å². The Morgan fingerprint density at radius 3 is 0.684 bits per heavy atom. The Balaban J connectivity index is 0.000000189. The molecular weight excluding hydrogens is 801 g/mol. The van der Waals surface area contributed by atoms with Crippen LogP contribution >= 0.6 is 0 Å². The van der Waals surface area contributed by atoms with Crippen molar-refractivity contribution in [2.24, 2.45) is 0 Å². The van der Waals surface area contributed by atoms with Crippen molar-refractivity contribution in [3.8, 4) is 0 Å². The summed E-state index contributed by atoms with van der Waals surface area (Å²) in [4.78, 5) is 0. The molecule has 0 saturated carbocycles. The molecule has 8 rings (SSSR count). The average Bonchev–Trinajstić information content (AvgIpc) is 4.02. The standard InChI is InChI=1S/2C25H25OSi2.Fe/c2*1-27(2,22-14-12-13-15-22)26-28(23-16-6-3-7-17-23,24-18-8-4-9-19-24)25-20-10-5-11-21-25;/h2*3-21H,1-2H3;/q2*-1;+2. The van der Waals surface area contributed by atoms with Gasteiger partial charge in [0.05, 0.1) is 0 Å². The summed E-state index contributed by atoms with van der Waals surface area (Å²) in [5.74, 6) is 0. The van der Waals surface area contributed by atoms with Crippen LogP contribution < -0.4 is 41.5 Å². The summed E-state index contributed by atoms with van der Waals surface area (Å²) in [6, 6.07) is 82.2. The third-order valence-electron chi connectivity index (χ3n) is 10.6. The minimum absolute atomic E-state index is 0. The monoisotopic (exact) mass is 850 g/mol. The third-order valence-corrected chi connectivity index (χ3v) is 27.5. The van der Waals surface area contributed by atoms with Crippen LogP contribution in [0.4, 0.5) is 0 Å². The molecule has 0 aromatic heterocycles. The second-order valence-corrected chi connectivity index (χ2v) is 30.1. The molecule has 0 fully saturated rings. The van der Waals surface area contributed by atoms with Crippen LogP contribution in [0.1, 0.15) is 0 Å². The van der Waals surface area contributed by atoms with E-state index in [0.717, 1.165) is 0 Å². The van der Waals surface area contributed by atoms with Gasteiger partial charge in [0, 0.05) is 0 Å². The molecule has 0 atom stereocenters. The van der Waals surface area contributed by atoms with Crippen LogP contribution in [-0.2, 0) is 25.3 Å². The first kappa shape index (κ1) is 41.9. The number of benzene rings is 6. The van der Waals surface area contributed by atoms with Crippen LogP contribution in [0.2, 0.25) is 26.2 Å². The molecule has 0 radical (unpaired) electrons. The molecule has 8 aromatic carbocycles. The normalized spacial score (nSPS) is 11.9. The third kappa shape index (κ3) is 9.07. The molecule has 2 nitrogen and oxygen atoms in total. The van der Waals surface area contributed by atoms with Crippen molar-refractivity contribution >= 4 is 74.8 Å². The van der Waals surface area contributed by atoms with Crippen LogP contribution in [0.15, 0.2) is 231 Å². The molecule has 0 amide bonds. The molecule has 0 aliphatic heterocycles. The summed E-state index contributed by atoms with van der Waals surface area (Å²) in [6.45, 7) is 9.27. The van der Waals surface area contributed by atoms with Gasteiger partial charge in [0.2, 0.25) is 0 Å². The van der Waals surface area contributed by atoms with Crippen LogP contribution in [-0.4, -0.2) is 33.3 Å². The van der Waals surface area contributed by atoms with E-state index in [9.17, 15) is 0 Å². The van der Waals surface area contributed by atoms with Crippen molar-refractivity contribution in [1.82, 2.24) is 0 Å². The predicted octanol–water partition coefficient (Wildman–Crippen LogP) is 7.00. The molecule has 7 heteroatoms. The Bertz CT molecular complexity index is 1970. The SMILES string of the molecule is C[Si](C)(O[Si](c1ccccc1)(c1ccccc1)c1ccccc1)c1cc[cH-]c1.C[Si](C)(O[Si](c1ccccc1)(c1ccccc1)c1ccccc1)c1cc[cH-]c1.[Fe+2]. The summed E-state index contributed by atoms with van der Waals surface area (Å²) < 4.78 is 14.8. The summed E-state index contributed by atoms with van der Waals surface area (Å²) in [5, 5.41) is 10.4. The van der Waals surface area contributed by atoms with Gasteiger partial charge in [-0.25, -0.2) is 12.1 Å². The van der Waals surface area contributed by atoms with Crippen molar-refractivity contribution in [2.75, 3.05) is 0 Å². The Morgan fingerprint density at radius 2 is 0.509 bits per heavy atom. The molecular formula is C50H50FeO2Si4. The van der Waals surface area contributed by atoms with Crippen LogP contribution in [0.3, 0.4) is 0 Å². The molecule has 0 aliphatic rings. The molecule has 0 unspecified atom stereocenters. The average molecular weight is 851 g/mol. The Kier molecular flexibility index (Phi) is 13.8. The number of hydrogen-bond donors (Lipinski definition) is 0. The summed E-state index contributed by atoms with van der Waals surface area (Å²) in [5.41, 5.74) is 0. The molecule has 0 saturated heterocycles. The fraction of sp³-hybridized carbons (Fsp3) is 0.0800. The van der Waals surface area contributed by atoms with E-state index in [1.165, 1.54) is 41.5 Å². The van der Waals surface area contributed by atoms with Gasteiger partial charge in [-0.1, -0.05) is 208 Å². The minimum atomic E-state index is -2.65. The van der Waals surface area contributed by atoms with Crippen molar-refractivity contribution in [1.29, 1.82) is 0 Å². The van der Waals surface area contributed by atoms with Crippen LogP contribution in [0, 0.1) is 0 Å². The maximum absolute atomic E-state index is 7.41. The maximum atomic E-state index is 7.41. The van der Waals surface area contributed by atoms with Crippen molar-refractivity contribution in [2.45, 2.75) is 26.2 Å². The van der Waals surface area contributed by atoms with E-state index in [1.807, 2.05) is 0 Å².